The minimum Gasteiger partial charge on any atom is -0.455 e. The van der Waals surface area contributed by atoms with Crippen LogP contribution in [-0.2, 0) is 10.5 Å². The standard InChI is InChI=1S/C28H34N4O3S/c1-32(21-11-6-3-7-12-21)26-17-24(20-9-4-2-5-10-20)30-28(31-26)36-19-23-14-15-25(35-23)27(33)29-18-22-13-8-16-34-22/h2,4-5,9-10,14-15,17,21-22H,3,6-8,11-13,16,18-19H2,1H3,(H,29,33)/t22-/m1/s1. The number of carbonyl (C=O) groups is 1. The number of rotatable bonds is 9. The highest BCUT2D eigenvalue weighted by Crippen LogP contribution is 2.30. The zero-order valence-electron chi connectivity index (χ0n) is 20.8. The number of anilines is 1. The molecule has 2 fully saturated rings. The van der Waals surface area contributed by atoms with Crippen LogP contribution in [0.4, 0.5) is 5.82 Å². The van der Waals surface area contributed by atoms with Crippen LogP contribution in [0, 0.1) is 0 Å². The Morgan fingerprint density at radius 2 is 1.89 bits per heavy atom. The summed E-state index contributed by atoms with van der Waals surface area (Å²) in [7, 11) is 2.15. The first kappa shape index (κ1) is 24.8. The van der Waals surface area contributed by atoms with Crippen molar-refractivity contribution in [3.05, 3.63) is 60.1 Å². The van der Waals surface area contributed by atoms with Crippen LogP contribution < -0.4 is 10.2 Å². The van der Waals surface area contributed by atoms with Gasteiger partial charge in [-0.1, -0.05) is 61.4 Å². The van der Waals surface area contributed by atoms with Crippen molar-refractivity contribution in [2.75, 3.05) is 25.1 Å². The SMILES string of the molecule is CN(c1cc(-c2ccccc2)nc(SCc2ccc(C(=O)NC[C@H]3CCCO3)o2)n1)C1CCCCC1. The fraction of sp³-hybridized carbons (Fsp3) is 0.464. The van der Waals surface area contributed by atoms with E-state index in [9.17, 15) is 4.79 Å². The van der Waals surface area contributed by atoms with E-state index in [0.717, 1.165) is 42.3 Å². The molecule has 1 amide bonds. The van der Waals surface area contributed by atoms with Crippen molar-refractivity contribution in [1.82, 2.24) is 15.3 Å². The van der Waals surface area contributed by atoms with Crippen LogP contribution in [0.15, 0.2) is 58.1 Å². The Hall–Kier alpha value is -2.84. The Morgan fingerprint density at radius 3 is 2.67 bits per heavy atom. The van der Waals surface area contributed by atoms with Crippen molar-refractivity contribution in [3.8, 4) is 11.3 Å². The first-order valence-corrected chi connectivity index (χ1v) is 13.9. The molecular weight excluding hydrogens is 472 g/mol. The molecule has 1 saturated carbocycles. The van der Waals surface area contributed by atoms with Crippen LogP contribution in [0.25, 0.3) is 11.3 Å². The fourth-order valence-corrected chi connectivity index (χ4v) is 5.63. The molecular formula is C28H34N4O3S. The van der Waals surface area contributed by atoms with Crippen molar-refractivity contribution in [3.63, 3.8) is 0 Å². The molecule has 1 aliphatic heterocycles. The van der Waals surface area contributed by atoms with Crippen LogP contribution in [0.2, 0.25) is 0 Å². The minimum absolute atomic E-state index is 0.105. The average Bonchev–Trinajstić information content (AvgIpc) is 3.64. The Bertz CT molecular complexity index is 1140. The molecule has 1 saturated heterocycles. The van der Waals surface area contributed by atoms with Gasteiger partial charge in [-0.3, -0.25) is 4.79 Å². The van der Waals surface area contributed by atoms with Gasteiger partial charge in [0.1, 0.15) is 11.6 Å². The first-order valence-electron chi connectivity index (χ1n) is 12.9. The lowest BCUT2D eigenvalue weighted by molar-refractivity contribution is 0.0834. The smallest absolute Gasteiger partial charge is 0.287 e. The third-order valence-corrected chi connectivity index (χ3v) is 7.86. The number of thioether (sulfide) groups is 1. The summed E-state index contributed by atoms with van der Waals surface area (Å²) >= 11 is 1.53. The third-order valence-electron chi connectivity index (χ3n) is 6.99. The predicted octanol–water partition coefficient (Wildman–Crippen LogP) is 5.71. The van der Waals surface area contributed by atoms with E-state index in [2.05, 4.69) is 35.5 Å². The zero-order valence-corrected chi connectivity index (χ0v) is 21.6. The van der Waals surface area contributed by atoms with E-state index in [1.807, 2.05) is 24.3 Å². The number of nitrogens with one attached hydrogen (secondary N) is 1. The topological polar surface area (TPSA) is 80.5 Å². The van der Waals surface area contributed by atoms with Crippen molar-refractivity contribution in [1.29, 1.82) is 0 Å². The number of amides is 1. The normalized spacial score (nSPS) is 18.3. The van der Waals surface area contributed by atoms with Crippen LogP contribution in [0.1, 0.15) is 61.3 Å². The van der Waals surface area contributed by atoms with Crippen LogP contribution >= 0.6 is 11.8 Å². The molecule has 1 aliphatic carbocycles. The molecule has 0 radical (unpaired) electrons. The van der Waals surface area contributed by atoms with Gasteiger partial charge in [-0.15, -0.1) is 0 Å². The van der Waals surface area contributed by atoms with Crippen molar-refractivity contribution in [2.24, 2.45) is 0 Å². The highest BCUT2D eigenvalue weighted by molar-refractivity contribution is 7.98. The van der Waals surface area contributed by atoms with Crippen LogP contribution in [0.3, 0.4) is 0 Å². The van der Waals surface area contributed by atoms with Crippen LogP contribution in [-0.4, -0.2) is 48.2 Å². The van der Waals surface area contributed by atoms with E-state index < -0.39 is 0 Å². The lowest BCUT2D eigenvalue weighted by Crippen LogP contribution is -2.34. The van der Waals surface area contributed by atoms with Gasteiger partial charge in [-0.05, 0) is 37.8 Å². The zero-order chi connectivity index (χ0) is 24.7. The van der Waals surface area contributed by atoms with E-state index >= 15 is 0 Å². The number of ether oxygens (including phenoxy) is 1. The van der Waals surface area contributed by atoms with E-state index in [4.69, 9.17) is 19.1 Å². The van der Waals surface area contributed by atoms with Gasteiger partial charge in [0, 0.05) is 37.9 Å². The Balaban J connectivity index is 1.28. The Morgan fingerprint density at radius 1 is 1.06 bits per heavy atom. The molecule has 7 nitrogen and oxygen atoms in total. The number of benzene rings is 1. The van der Waals surface area contributed by atoms with Crippen molar-refractivity contribution >= 4 is 23.5 Å². The quantitative estimate of drug-likeness (QED) is 0.294. The summed E-state index contributed by atoms with van der Waals surface area (Å²) in [6.07, 6.45) is 8.41. The molecule has 0 unspecified atom stereocenters. The highest BCUT2D eigenvalue weighted by atomic mass is 32.2. The second-order valence-corrected chi connectivity index (χ2v) is 10.5. The molecule has 190 valence electrons. The lowest BCUT2D eigenvalue weighted by atomic mass is 9.94. The maximum atomic E-state index is 12.5. The number of furan rings is 1. The van der Waals surface area contributed by atoms with Gasteiger partial charge in [-0.25, -0.2) is 9.97 Å². The molecule has 3 aromatic rings. The number of hydrogen-bond donors (Lipinski definition) is 1. The van der Waals surface area contributed by atoms with Gasteiger partial charge in [0.05, 0.1) is 17.6 Å². The summed E-state index contributed by atoms with van der Waals surface area (Å²) in [6.45, 7) is 1.29. The highest BCUT2D eigenvalue weighted by Gasteiger charge is 2.21. The Kier molecular flexibility index (Phi) is 8.23. The molecule has 36 heavy (non-hydrogen) atoms. The maximum absolute atomic E-state index is 12.5. The molecule has 1 N–H and O–H groups in total. The van der Waals surface area contributed by atoms with Gasteiger partial charge in [0.25, 0.3) is 5.91 Å². The maximum Gasteiger partial charge on any atom is 0.287 e. The number of nitrogens with zero attached hydrogens (tertiary/aromatic N) is 3. The lowest BCUT2D eigenvalue weighted by Gasteiger charge is -2.32. The van der Waals surface area contributed by atoms with Gasteiger partial charge >= 0.3 is 0 Å². The van der Waals surface area contributed by atoms with Crippen molar-refractivity contribution in [2.45, 2.75) is 68.0 Å². The summed E-state index contributed by atoms with van der Waals surface area (Å²) in [5.74, 6) is 2.33. The molecule has 3 heterocycles. The van der Waals surface area contributed by atoms with Crippen LogP contribution in [0.5, 0.6) is 0 Å². The third kappa shape index (κ3) is 6.28. The van der Waals surface area contributed by atoms with Gasteiger partial charge in [-0.2, -0.15) is 0 Å². The molecule has 0 spiro atoms. The summed E-state index contributed by atoms with van der Waals surface area (Å²) in [5, 5.41) is 3.61. The average molecular weight is 507 g/mol. The van der Waals surface area contributed by atoms with E-state index in [0.29, 0.717) is 29.3 Å². The number of aromatic nitrogens is 2. The van der Waals surface area contributed by atoms with E-state index in [1.54, 1.807) is 6.07 Å². The molecule has 1 atom stereocenters. The fourth-order valence-electron chi connectivity index (χ4n) is 4.88. The monoisotopic (exact) mass is 506 g/mol. The van der Waals surface area contributed by atoms with Gasteiger partial charge < -0.3 is 19.4 Å². The van der Waals surface area contributed by atoms with E-state index in [1.165, 1.54) is 43.9 Å². The molecule has 2 aromatic heterocycles. The van der Waals surface area contributed by atoms with Gasteiger partial charge in [0.15, 0.2) is 10.9 Å². The summed E-state index contributed by atoms with van der Waals surface area (Å²) in [6, 6.07) is 16.4. The molecule has 1 aromatic carbocycles. The number of carbonyl (C=O) groups excluding carboxylic acids is 1. The summed E-state index contributed by atoms with van der Waals surface area (Å²) < 4.78 is 11.4. The first-order chi connectivity index (χ1) is 17.7. The molecule has 5 rings (SSSR count). The largest absolute Gasteiger partial charge is 0.455 e. The second-order valence-electron chi connectivity index (χ2n) is 9.56. The number of hydrogen-bond acceptors (Lipinski definition) is 7. The Labute approximate surface area is 217 Å². The molecule has 8 heteroatoms. The van der Waals surface area contributed by atoms with E-state index in [-0.39, 0.29) is 12.0 Å². The molecule has 2 aliphatic rings. The summed E-state index contributed by atoms with van der Waals surface area (Å²) in [4.78, 5) is 24.5. The minimum atomic E-state index is -0.208. The second kappa shape index (κ2) is 11.9. The van der Waals surface area contributed by atoms with Crippen molar-refractivity contribution < 1.29 is 13.9 Å². The van der Waals surface area contributed by atoms with Gasteiger partial charge in [0.2, 0.25) is 0 Å². The predicted molar refractivity (Wildman–Crippen MR) is 142 cm³/mol. The molecule has 0 bridgehead atoms. The summed E-state index contributed by atoms with van der Waals surface area (Å²) in [5.41, 5.74) is 1.99.